The maximum absolute atomic E-state index is 12.9. The van der Waals surface area contributed by atoms with Crippen LogP contribution in [0.15, 0.2) is 18.2 Å². The molecule has 1 nitrogen and oxygen atoms in total. The monoisotopic (exact) mass is 226 g/mol. The van der Waals surface area contributed by atoms with Crippen molar-refractivity contribution in [3.63, 3.8) is 0 Å². The van der Waals surface area contributed by atoms with E-state index in [0.29, 0.717) is 11.4 Å². The number of hydrogen-bond acceptors (Lipinski definition) is 1. The number of benzene rings is 1. The van der Waals surface area contributed by atoms with E-state index in [9.17, 15) is 9.18 Å². The van der Waals surface area contributed by atoms with Crippen LogP contribution in [0.4, 0.5) is 4.39 Å². The summed E-state index contributed by atoms with van der Waals surface area (Å²) in [6.45, 7) is 3.81. The van der Waals surface area contributed by atoms with Crippen molar-refractivity contribution in [3.05, 3.63) is 34.6 Å². The summed E-state index contributed by atoms with van der Waals surface area (Å²) in [5, 5.41) is 0.417. The highest BCUT2D eigenvalue weighted by Gasteiger charge is 2.48. The second-order valence-corrected chi connectivity index (χ2v) is 4.97. The molecule has 1 atom stereocenters. The van der Waals surface area contributed by atoms with Crippen molar-refractivity contribution in [1.82, 2.24) is 0 Å². The Hall–Kier alpha value is -0.890. The number of carbonyl (C=O) groups excluding carboxylic acids is 1. The Morgan fingerprint density at radius 1 is 1.47 bits per heavy atom. The van der Waals surface area contributed by atoms with Gasteiger partial charge >= 0.3 is 0 Å². The SMILES string of the molecule is CC1(C)C(=O)CC1c1ccc(F)cc1Cl. The maximum Gasteiger partial charge on any atom is 0.139 e. The fourth-order valence-electron chi connectivity index (χ4n) is 2.05. The van der Waals surface area contributed by atoms with Gasteiger partial charge < -0.3 is 0 Å². The lowest BCUT2D eigenvalue weighted by Gasteiger charge is -2.43. The highest BCUT2D eigenvalue weighted by atomic mass is 35.5. The molecule has 0 amide bonds. The molecular formula is C12H12ClFO. The molecule has 0 N–H and O–H groups in total. The third-order valence-corrected chi connectivity index (χ3v) is 3.64. The highest BCUT2D eigenvalue weighted by Crippen LogP contribution is 2.50. The number of carbonyl (C=O) groups is 1. The Balaban J connectivity index is 2.36. The van der Waals surface area contributed by atoms with Gasteiger partial charge in [-0.3, -0.25) is 4.79 Å². The number of Topliss-reactive ketones (excluding diaryl/α,β-unsaturated/α-hetero) is 1. The van der Waals surface area contributed by atoms with Crippen LogP contribution in [-0.2, 0) is 4.79 Å². The molecule has 0 aliphatic heterocycles. The van der Waals surface area contributed by atoms with Gasteiger partial charge in [-0.1, -0.05) is 31.5 Å². The van der Waals surface area contributed by atoms with Crippen LogP contribution in [0.2, 0.25) is 5.02 Å². The summed E-state index contributed by atoms with van der Waals surface area (Å²) in [5.41, 5.74) is 0.518. The molecule has 1 unspecified atom stereocenters. The molecule has 3 heteroatoms. The Morgan fingerprint density at radius 3 is 2.60 bits per heavy atom. The predicted molar refractivity (Wildman–Crippen MR) is 57.6 cm³/mol. The zero-order valence-corrected chi connectivity index (χ0v) is 9.44. The average molecular weight is 227 g/mol. The number of ketones is 1. The van der Waals surface area contributed by atoms with E-state index < -0.39 is 0 Å². The second kappa shape index (κ2) is 3.31. The van der Waals surface area contributed by atoms with E-state index in [1.165, 1.54) is 12.1 Å². The van der Waals surface area contributed by atoms with Crippen LogP contribution >= 0.6 is 11.6 Å². The third-order valence-electron chi connectivity index (χ3n) is 3.32. The van der Waals surface area contributed by atoms with Crippen molar-refractivity contribution in [1.29, 1.82) is 0 Å². The minimum Gasteiger partial charge on any atom is -0.299 e. The molecule has 0 spiro atoms. The molecule has 15 heavy (non-hydrogen) atoms. The first-order valence-electron chi connectivity index (χ1n) is 4.91. The van der Waals surface area contributed by atoms with Crippen molar-refractivity contribution in [2.24, 2.45) is 5.41 Å². The molecule has 80 valence electrons. The molecule has 1 aliphatic rings. The first-order valence-corrected chi connectivity index (χ1v) is 5.29. The molecule has 0 aromatic heterocycles. The van der Waals surface area contributed by atoms with Crippen molar-refractivity contribution < 1.29 is 9.18 Å². The van der Waals surface area contributed by atoms with E-state index in [1.54, 1.807) is 6.07 Å². The smallest absolute Gasteiger partial charge is 0.139 e. The molecule has 0 heterocycles. The fraction of sp³-hybridized carbons (Fsp3) is 0.417. The van der Waals surface area contributed by atoms with Crippen LogP contribution in [0.3, 0.4) is 0 Å². The van der Waals surface area contributed by atoms with E-state index in [4.69, 9.17) is 11.6 Å². The molecule has 0 radical (unpaired) electrons. The van der Waals surface area contributed by atoms with Gasteiger partial charge in [0, 0.05) is 22.8 Å². The fourth-order valence-corrected chi connectivity index (χ4v) is 2.35. The van der Waals surface area contributed by atoms with E-state index in [0.717, 1.165) is 5.56 Å². The first-order chi connectivity index (χ1) is 6.93. The number of halogens is 2. The van der Waals surface area contributed by atoms with E-state index in [2.05, 4.69) is 0 Å². The molecule has 1 aromatic carbocycles. The minimum absolute atomic E-state index is 0.123. The Labute approximate surface area is 93.2 Å². The molecule has 1 saturated carbocycles. The predicted octanol–water partition coefficient (Wildman–Crippen LogP) is 3.56. The van der Waals surface area contributed by atoms with Gasteiger partial charge in [0.1, 0.15) is 11.6 Å². The van der Waals surface area contributed by atoms with Gasteiger partial charge in [0.25, 0.3) is 0 Å². The third kappa shape index (κ3) is 1.57. The molecule has 0 bridgehead atoms. The first kappa shape index (κ1) is 10.6. The summed E-state index contributed by atoms with van der Waals surface area (Å²) in [6, 6.07) is 4.37. The molecule has 1 aromatic rings. The van der Waals surface area contributed by atoms with Crippen LogP contribution in [0, 0.1) is 11.2 Å². The zero-order chi connectivity index (χ0) is 11.2. The second-order valence-electron chi connectivity index (χ2n) is 4.57. The largest absolute Gasteiger partial charge is 0.299 e. The van der Waals surface area contributed by atoms with Crippen molar-refractivity contribution in [3.8, 4) is 0 Å². The maximum atomic E-state index is 12.9. The highest BCUT2D eigenvalue weighted by molar-refractivity contribution is 6.31. The number of hydrogen-bond donors (Lipinski definition) is 0. The van der Waals surface area contributed by atoms with E-state index >= 15 is 0 Å². The lowest BCUT2D eigenvalue weighted by Crippen LogP contribution is -2.43. The normalized spacial score (nSPS) is 23.7. The topological polar surface area (TPSA) is 17.1 Å². The molecular weight excluding hydrogens is 215 g/mol. The molecule has 0 saturated heterocycles. The van der Waals surface area contributed by atoms with E-state index in [1.807, 2.05) is 13.8 Å². The van der Waals surface area contributed by atoms with Crippen LogP contribution in [0.25, 0.3) is 0 Å². The van der Waals surface area contributed by atoms with Gasteiger partial charge in [-0.25, -0.2) is 4.39 Å². The quantitative estimate of drug-likeness (QED) is 0.716. The minimum atomic E-state index is -0.360. The molecule has 2 rings (SSSR count). The average Bonchev–Trinajstić information content (AvgIpc) is 2.15. The van der Waals surface area contributed by atoms with Crippen LogP contribution in [0.5, 0.6) is 0 Å². The summed E-state index contributed by atoms with van der Waals surface area (Å²) in [4.78, 5) is 11.4. The Morgan fingerprint density at radius 2 is 2.13 bits per heavy atom. The van der Waals surface area contributed by atoms with Crippen molar-refractivity contribution in [2.75, 3.05) is 0 Å². The van der Waals surface area contributed by atoms with Gasteiger partial charge in [0.15, 0.2) is 0 Å². The summed E-state index contributed by atoms with van der Waals surface area (Å²) in [6.07, 6.45) is 0.512. The number of rotatable bonds is 1. The summed E-state index contributed by atoms with van der Waals surface area (Å²) in [5.74, 6) is 0.0261. The van der Waals surface area contributed by atoms with Gasteiger partial charge in [0.2, 0.25) is 0 Å². The zero-order valence-electron chi connectivity index (χ0n) is 8.68. The standard InChI is InChI=1S/C12H12ClFO/c1-12(2)9(6-11(12)15)8-4-3-7(14)5-10(8)13/h3-5,9H,6H2,1-2H3. The van der Waals surface area contributed by atoms with Crippen LogP contribution in [-0.4, -0.2) is 5.78 Å². The molecule has 1 aliphatic carbocycles. The van der Waals surface area contributed by atoms with Gasteiger partial charge in [-0.2, -0.15) is 0 Å². The van der Waals surface area contributed by atoms with Crippen molar-refractivity contribution in [2.45, 2.75) is 26.2 Å². The Bertz CT molecular complexity index is 426. The Kier molecular flexibility index (Phi) is 2.34. The van der Waals surface area contributed by atoms with Gasteiger partial charge in [-0.05, 0) is 17.7 Å². The lowest BCUT2D eigenvalue weighted by atomic mass is 9.59. The summed E-state index contributed by atoms with van der Waals surface area (Å²) >= 11 is 5.96. The lowest BCUT2D eigenvalue weighted by molar-refractivity contribution is -0.137. The summed E-state index contributed by atoms with van der Waals surface area (Å²) in [7, 11) is 0. The van der Waals surface area contributed by atoms with E-state index in [-0.39, 0.29) is 22.9 Å². The van der Waals surface area contributed by atoms with Gasteiger partial charge in [-0.15, -0.1) is 0 Å². The molecule has 1 fully saturated rings. The van der Waals surface area contributed by atoms with Crippen LogP contribution < -0.4 is 0 Å². The summed E-state index contributed by atoms with van der Waals surface area (Å²) < 4.78 is 12.9. The van der Waals surface area contributed by atoms with Crippen molar-refractivity contribution >= 4 is 17.4 Å². The van der Waals surface area contributed by atoms with Crippen LogP contribution in [0.1, 0.15) is 31.7 Å². The van der Waals surface area contributed by atoms with Gasteiger partial charge in [0.05, 0.1) is 0 Å².